The Bertz CT molecular complexity index is 458. The quantitative estimate of drug-likeness (QED) is 0.751. The number of nitrogens with zero attached hydrogens (tertiary/aromatic N) is 2. The fourth-order valence-corrected chi connectivity index (χ4v) is 2.78. The van der Waals surface area contributed by atoms with Gasteiger partial charge >= 0.3 is 0 Å². The lowest BCUT2D eigenvalue weighted by Gasteiger charge is -2.30. The molecule has 0 bridgehead atoms. The van der Waals surface area contributed by atoms with Crippen LogP contribution in [-0.2, 0) is 0 Å². The summed E-state index contributed by atoms with van der Waals surface area (Å²) < 4.78 is 0. The van der Waals surface area contributed by atoms with Crippen molar-refractivity contribution < 1.29 is 0 Å². The van der Waals surface area contributed by atoms with Gasteiger partial charge in [-0.15, -0.1) is 11.8 Å². The maximum absolute atomic E-state index is 9.42. The van der Waals surface area contributed by atoms with E-state index in [1.807, 2.05) is 12.3 Å². The van der Waals surface area contributed by atoms with Crippen LogP contribution in [0.15, 0.2) is 23.1 Å². The number of rotatable bonds is 5. The van der Waals surface area contributed by atoms with Crippen LogP contribution in [-0.4, -0.2) is 18.8 Å². The topological polar surface area (TPSA) is 27.0 Å². The van der Waals surface area contributed by atoms with Crippen molar-refractivity contribution in [2.75, 3.05) is 17.7 Å². The van der Waals surface area contributed by atoms with E-state index in [-0.39, 0.29) is 0 Å². The van der Waals surface area contributed by atoms with Crippen molar-refractivity contribution in [3.63, 3.8) is 0 Å². The van der Waals surface area contributed by atoms with Gasteiger partial charge in [-0.25, -0.2) is 0 Å². The lowest BCUT2D eigenvalue weighted by atomic mass is 10.1. The Hall–Kier alpha value is -1.14. The second-order valence-corrected chi connectivity index (χ2v) is 6.00. The van der Waals surface area contributed by atoms with Crippen LogP contribution in [0.25, 0.3) is 0 Å². The summed E-state index contributed by atoms with van der Waals surface area (Å²) >= 11 is 1.65. The molecule has 0 aromatic heterocycles. The molecule has 3 heteroatoms. The first-order valence-electron chi connectivity index (χ1n) is 6.51. The Morgan fingerprint density at radius 1 is 1.44 bits per heavy atom. The molecular weight excluding hydrogens is 240 g/mol. The van der Waals surface area contributed by atoms with Gasteiger partial charge < -0.3 is 4.90 Å². The molecule has 0 spiro atoms. The molecule has 1 aliphatic carbocycles. The molecule has 0 atom stereocenters. The number of nitriles is 1. The minimum absolute atomic E-state index is 0.440. The highest BCUT2D eigenvalue weighted by atomic mass is 32.2. The van der Waals surface area contributed by atoms with Gasteiger partial charge in [0.05, 0.1) is 11.3 Å². The van der Waals surface area contributed by atoms with Crippen LogP contribution in [0.3, 0.4) is 0 Å². The van der Waals surface area contributed by atoms with Crippen LogP contribution < -0.4 is 4.90 Å². The van der Waals surface area contributed by atoms with Crippen LogP contribution in [0.5, 0.6) is 0 Å². The molecule has 0 saturated heterocycles. The highest BCUT2D eigenvalue weighted by Gasteiger charge is 2.27. The lowest BCUT2D eigenvalue weighted by molar-refractivity contribution is 0.643. The van der Waals surface area contributed by atoms with Crippen LogP contribution in [0, 0.1) is 17.2 Å². The molecule has 0 N–H and O–H groups in total. The van der Waals surface area contributed by atoms with Gasteiger partial charge in [-0.3, -0.25) is 0 Å². The third-order valence-corrected chi connectivity index (χ3v) is 4.20. The predicted molar refractivity (Wildman–Crippen MR) is 78.1 cm³/mol. The summed E-state index contributed by atoms with van der Waals surface area (Å²) in [5.74, 6) is 0.830. The fraction of sp³-hybridized carbons (Fsp3) is 0.533. The minimum Gasteiger partial charge on any atom is -0.368 e. The van der Waals surface area contributed by atoms with Crippen molar-refractivity contribution in [2.24, 2.45) is 5.92 Å². The summed E-state index contributed by atoms with van der Waals surface area (Å²) in [6.45, 7) is 5.49. The van der Waals surface area contributed by atoms with Gasteiger partial charge in [0.1, 0.15) is 6.07 Å². The Balaban J connectivity index is 2.36. The molecule has 1 aromatic rings. The highest BCUT2D eigenvalue weighted by Crippen LogP contribution is 2.35. The van der Waals surface area contributed by atoms with E-state index < -0.39 is 0 Å². The molecular formula is C15H20N2S. The third kappa shape index (κ3) is 2.81. The molecule has 0 amide bonds. The summed E-state index contributed by atoms with van der Waals surface area (Å²) in [6.07, 6.45) is 4.71. The second kappa shape index (κ2) is 5.67. The number of hydrogen-bond acceptors (Lipinski definition) is 3. The van der Waals surface area contributed by atoms with Crippen molar-refractivity contribution >= 4 is 17.4 Å². The Kier molecular flexibility index (Phi) is 4.19. The highest BCUT2D eigenvalue weighted by molar-refractivity contribution is 7.98. The minimum atomic E-state index is 0.440. The van der Waals surface area contributed by atoms with Crippen molar-refractivity contribution in [1.82, 2.24) is 0 Å². The summed E-state index contributed by atoms with van der Waals surface area (Å²) in [4.78, 5) is 3.46. The van der Waals surface area contributed by atoms with Crippen LogP contribution in [0.1, 0.15) is 32.3 Å². The molecule has 2 nitrogen and oxygen atoms in total. The zero-order valence-corrected chi connectivity index (χ0v) is 12.1. The smallest absolute Gasteiger partial charge is 0.103 e. The van der Waals surface area contributed by atoms with Crippen LogP contribution in [0.4, 0.5) is 5.69 Å². The van der Waals surface area contributed by atoms with E-state index in [2.05, 4.69) is 36.9 Å². The van der Waals surface area contributed by atoms with E-state index in [9.17, 15) is 5.26 Å². The first-order chi connectivity index (χ1) is 8.67. The lowest BCUT2D eigenvalue weighted by Crippen LogP contribution is -2.33. The first-order valence-corrected chi connectivity index (χ1v) is 7.73. The normalized spacial score (nSPS) is 14.6. The van der Waals surface area contributed by atoms with Gasteiger partial charge in [0.15, 0.2) is 0 Å². The number of hydrogen-bond donors (Lipinski definition) is 0. The van der Waals surface area contributed by atoms with Gasteiger partial charge in [0.2, 0.25) is 0 Å². The molecule has 96 valence electrons. The SMILES string of the molecule is CSc1cccc(N(CC2CC2)C(C)C)c1C#N. The molecule has 2 rings (SSSR count). The van der Waals surface area contributed by atoms with Crippen molar-refractivity contribution in [3.8, 4) is 6.07 Å². The van der Waals surface area contributed by atoms with Crippen LogP contribution in [0.2, 0.25) is 0 Å². The summed E-state index contributed by atoms with van der Waals surface area (Å²) in [7, 11) is 0. The Morgan fingerprint density at radius 3 is 2.67 bits per heavy atom. The molecule has 1 saturated carbocycles. The number of thioether (sulfide) groups is 1. The Morgan fingerprint density at radius 2 is 2.17 bits per heavy atom. The average Bonchev–Trinajstić information content (AvgIpc) is 3.18. The molecule has 1 fully saturated rings. The zero-order chi connectivity index (χ0) is 13.1. The van der Waals surface area contributed by atoms with Crippen molar-refractivity contribution in [3.05, 3.63) is 23.8 Å². The number of anilines is 1. The summed E-state index contributed by atoms with van der Waals surface area (Å²) in [6, 6.07) is 9.00. The van der Waals surface area contributed by atoms with E-state index in [1.165, 1.54) is 12.8 Å². The van der Waals surface area contributed by atoms with Crippen LogP contribution >= 0.6 is 11.8 Å². The summed E-state index contributed by atoms with van der Waals surface area (Å²) in [5.41, 5.74) is 1.94. The van der Waals surface area contributed by atoms with Gasteiger partial charge in [-0.1, -0.05) is 6.07 Å². The monoisotopic (exact) mass is 260 g/mol. The maximum Gasteiger partial charge on any atom is 0.103 e. The Labute approximate surface area is 114 Å². The van der Waals surface area contributed by atoms with E-state index in [0.29, 0.717) is 6.04 Å². The third-order valence-electron chi connectivity index (χ3n) is 3.42. The number of benzene rings is 1. The zero-order valence-electron chi connectivity index (χ0n) is 11.3. The standard InChI is InChI=1S/C15H20N2S/c1-11(2)17(10-12-7-8-12)14-5-4-6-15(18-3)13(14)9-16/h4-6,11-12H,7-8,10H2,1-3H3. The molecule has 0 unspecified atom stereocenters. The molecule has 18 heavy (non-hydrogen) atoms. The largest absolute Gasteiger partial charge is 0.368 e. The van der Waals surface area contributed by atoms with Crippen molar-refractivity contribution in [1.29, 1.82) is 5.26 Å². The van der Waals surface area contributed by atoms with E-state index in [4.69, 9.17) is 0 Å². The first kappa shape index (κ1) is 13.3. The molecule has 1 aliphatic rings. The van der Waals surface area contributed by atoms with Gasteiger partial charge in [-0.05, 0) is 51.0 Å². The second-order valence-electron chi connectivity index (χ2n) is 5.16. The average molecular weight is 260 g/mol. The van der Waals surface area contributed by atoms with Gasteiger partial charge in [0, 0.05) is 17.5 Å². The maximum atomic E-state index is 9.42. The summed E-state index contributed by atoms with van der Waals surface area (Å²) in [5, 5.41) is 9.42. The molecule has 0 aliphatic heterocycles. The van der Waals surface area contributed by atoms with E-state index in [1.54, 1.807) is 11.8 Å². The van der Waals surface area contributed by atoms with Crippen molar-refractivity contribution in [2.45, 2.75) is 37.6 Å². The van der Waals surface area contributed by atoms with E-state index in [0.717, 1.165) is 28.6 Å². The van der Waals surface area contributed by atoms with E-state index >= 15 is 0 Å². The molecule has 0 radical (unpaired) electrons. The molecule has 1 aromatic carbocycles. The predicted octanol–water partition coefficient (Wildman–Crippen LogP) is 3.90. The van der Waals surface area contributed by atoms with Gasteiger partial charge in [-0.2, -0.15) is 5.26 Å². The molecule has 0 heterocycles. The van der Waals surface area contributed by atoms with Gasteiger partial charge in [0.25, 0.3) is 0 Å². The fourth-order valence-electron chi connectivity index (χ4n) is 2.21.